The predicted molar refractivity (Wildman–Crippen MR) is 70.8 cm³/mol. The number of hydrogen-bond acceptors (Lipinski definition) is 6. The molecule has 0 radical (unpaired) electrons. The van der Waals surface area contributed by atoms with Crippen molar-refractivity contribution in [1.29, 1.82) is 0 Å². The SMILES string of the molecule is CCN(C)c1ncc(-c2cccs2)n2nnnc12. The van der Waals surface area contributed by atoms with Crippen LogP contribution in [0.5, 0.6) is 0 Å². The third kappa shape index (κ3) is 1.63. The van der Waals surface area contributed by atoms with Gasteiger partial charge in [0.25, 0.3) is 0 Å². The van der Waals surface area contributed by atoms with Gasteiger partial charge in [0, 0.05) is 13.6 Å². The molecule has 3 rings (SSSR count). The molecule has 7 heteroatoms. The average molecular weight is 260 g/mol. The second-order valence-corrected chi connectivity index (χ2v) is 4.82. The minimum atomic E-state index is 0.685. The van der Waals surface area contributed by atoms with E-state index in [1.165, 1.54) is 0 Å². The number of nitrogens with zero attached hydrogens (tertiary/aromatic N) is 6. The lowest BCUT2D eigenvalue weighted by Gasteiger charge is -2.15. The van der Waals surface area contributed by atoms with Crippen LogP contribution in [0.25, 0.3) is 16.2 Å². The van der Waals surface area contributed by atoms with E-state index in [4.69, 9.17) is 0 Å². The van der Waals surface area contributed by atoms with Gasteiger partial charge in [0.15, 0.2) is 5.82 Å². The molecule has 3 heterocycles. The molecule has 0 aliphatic carbocycles. The normalized spacial score (nSPS) is 11.0. The van der Waals surface area contributed by atoms with Crippen molar-refractivity contribution in [3.63, 3.8) is 0 Å². The lowest BCUT2D eigenvalue weighted by Crippen LogP contribution is -2.18. The van der Waals surface area contributed by atoms with Crippen LogP contribution in [-0.4, -0.2) is 38.6 Å². The summed E-state index contributed by atoms with van der Waals surface area (Å²) in [7, 11) is 1.97. The molecule has 3 aromatic rings. The Morgan fingerprint density at radius 3 is 3.06 bits per heavy atom. The topological polar surface area (TPSA) is 59.2 Å². The molecule has 0 spiro atoms. The largest absolute Gasteiger partial charge is 0.357 e. The Morgan fingerprint density at radius 2 is 2.33 bits per heavy atom. The zero-order valence-corrected chi connectivity index (χ0v) is 10.9. The van der Waals surface area contributed by atoms with Gasteiger partial charge in [-0.25, -0.2) is 4.98 Å². The summed E-state index contributed by atoms with van der Waals surface area (Å²) in [5.41, 5.74) is 1.60. The van der Waals surface area contributed by atoms with Crippen LogP contribution in [0.4, 0.5) is 5.82 Å². The molecule has 18 heavy (non-hydrogen) atoms. The van der Waals surface area contributed by atoms with Crippen molar-refractivity contribution in [1.82, 2.24) is 25.0 Å². The molecule has 0 aromatic carbocycles. The first-order valence-electron chi connectivity index (χ1n) is 5.63. The zero-order chi connectivity index (χ0) is 12.5. The number of rotatable bonds is 3. The molecule has 0 fully saturated rings. The summed E-state index contributed by atoms with van der Waals surface area (Å²) < 4.78 is 1.74. The highest BCUT2D eigenvalue weighted by Crippen LogP contribution is 2.26. The lowest BCUT2D eigenvalue weighted by molar-refractivity contribution is 0.824. The van der Waals surface area contributed by atoms with Gasteiger partial charge in [0.2, 0.25) is 5.65 Å². The van der Waals surface area contributed by atoms with E-state index in [0.717, 1.165) is 22.9 Å². The van der Waals surface area contributed by atoms with Gasteiger partial charge in [-0.3, -0.25) is 0 Å². The summed E-state index contributed by atoms with van der Waals surface area (Å²) in [6.45, 7) is 2.92. The van der Waals surface area contributed by atoms with Crippen molar-refractivity contribution >= 4 is 22.8 Å². The van der Waals surface area contributed by atoms with Gasteiger partial charge >= 0.3 is 0 Å². The molecule has 0 aliphatic heterocycles. The van der Waals surface area contributed by atoms with Gasteiger partial charge in [-0.1, -0.05) is 6.07 Å². The number of tetrazole rings is 1. The Hall–Kier alpha value is -2.02. The molecule has 92 valence electrons. The van der Waals surface area contributed by atoms with Crippen molar-refractivity contribution in [2.75, 3.05) is 18.5 Å². The predicted octanol–water partition coefficient (Wildman–Crippen LogP) is 1.70. The van der Waals surface area contributed by atoms with Gasteiger partial charge in [-0.05, 0) is 28.8 Å². The summed E-state index contributed by atoms with van der Waals surface area (Å²) >= 11 is 1.64. The number of thiophene rings is 1. The van der Waals surface area contributed by atoms with E-state index in [1.54, 1.807) is 15.9 Å². The monoisotopic (exact) mass is 260 g/mol. The minimum absolute atomic E-state index is 0.685. The van der Waals surface area contributed by atoms with Crippen molar-refractivity contribution in [3.05, 3.63) is 23.7 Å². The maximum Gasteiger partial charge on any atom is 0.222 e. The molecular weight excluding hydrogens is 248 g/mol. The highest BCUT2D eigenvalue weighted by molar-refractivity contribution is 7.13. The maximum absolute atomic E-state index is 4.48. The summed E-state index contributed by atoms with van der Waals surface area (Å²) in [5.74, 6) is 0.794. The van der Waals surface area contributed by atoms with Gasteiger partial charge in [-0.2, -0.15) is 4.52 Å². The average Bonchev–Trinajstić information content (AvgIpc) is 3.07. The first-order valence-corrected chi connectivity index (χ1v) is 6.51. The van der Waals surface area contributed by atoms with Crippen LogP contribution in [0.2, 0.25) is 0 Å². The smallest absolute Gasteiger partial charge is 0.222 e. The van der Waals surface area contributed by atoms with E-state index in [0.29, 0.717) is 5.65 Å². The van der Waals surface area contributed by atoms with E-state index in [1.807, 2.05) is 35.7 Å². The number of aromatic nitrogens is 5. The second-order valence-electron chi connectivity index (χ2n) is 3.87. The Balaban J connectivity index is 2.23. The molecule has 0 aliphatic rings. The van der Waals surface area contributed by atoms with Crippen LogP contribution < -0.4 is 4.90 Å². The fourth-order valence-electron chi connectivity index (χ4n) is 1.73. The van der Waals surface area contributed by atoms with Gasteiger partial charge in [0.05, 0.1) is 11.1 Å². The summed E-state index contributed by atoms with van der Waals surface area (Å²) in [5, 5.41) is 13.9. The maximum atomic E-state index is 4.48. The van der Waals surface area contributed by atoms with Crippen molar-refractivity contribution < 1.29 is 0 Å². The summed E-state index contributed by atoms with van der Waals surface area (Å²) in [6.07, 6.45) is 1.82. The highest BCUT2D eigenvalue weighted by atomic mass is 32.1. The van der Waals surface area contributed by atoms with Crippen LogP contribution in [-0.2, 0) is 0 Å². The first kappa shape index (κ1) is 11.1. The Bertz CT molecular complexity index is 659. The third-order valence-electron chi connectivity index (χ3n) is 2.82. The van der Waals surface area contributed by atoms with E-state index >= 15 is 0 Å². The molecule has 0 atom stereocenters. The highest BCUT2D eigenvalue weighted by Gasteiger charge is 2.14. The van der Waals surface area contributed by atoms with Gasteiger partial charge in [-0.15, -0.1) is 16.4 Å². The summed E-state index contributed by atoms with van der Waals surface area (Å²) in [4.78, 5) is 7.60. The van der Waals surface area contributed by atoms with Gasteiger partial charge < -0.3 is 4.90 Å². The van der Waals surface area contributed by atoms with E-state index in [-0.39, 0.29) is 0 Å². The molecule has 6 nitrogen and oxygen atoms in total. The fraction of sp³-hybridized carbons (Fsp3) is 0.273. The lowest BCUT2D eigenvalue weighted by atomic mass is 10.3. The molecule has 0 saturated heterocycles. The molecule has 0 bridgehead atoms. The molecule has 0 saturated carbocycles. The number of fused-ring (bicyclic) bond motifs is 1. The zero-order valence-electron chi connectivity index (χ0n) is 10.1. The third-order valence-corrected chi connectivity index (χ3v) is 3.71. The Kier molecular flexibility index (Phi) is 2.67. The molecular formula is C11H12N6S. The van der Waals surface area contributed by atoms with Crippen molar-refractivity contribution in [2.45, 2.75) is 6.92 Å². The standard InChI is InChI=1S/C11H12N6S/c1-3-16(2)10-11-13-14-15-17(11)8(7-12-10)9-5-4-6-18-9/h4-7H,3H2,1-2H3. The van der Waals surface area contributed by atoms with Crippen LogP contribution >= 0.6 is 11.3 Å². The van der Waals surface area contributed by atoms with E-state index in [9.17, 15) is 0 Å². The van der Waals surface area contributed by atoms with E-state index < -0.39 is 0 Å². The fourth-order valence-corrected chi connectivity index (χ4v) is 2.46. The molecule has 0 amide bonds. The quantitative estimate of drug-likeness (QED) is 0.717. The number of hydrogen-bond donors (Lipinski definition) is 0. The van der Waals surface area contributed by atoms with Crippen LogP contribution in [0.3, 0.4) is 0 Å². The molecule has 3 aromatic heterocycles. The van der Waals surface area contributed by atoms with Crippen molar-refractivity contribution in [2.24, 2.45) is 0 Å². The minimum Gasteiger partial charge on any atom is -0.357 e. The summed E-state index contributed by atoms with van der Waals surface area (Å²) in [6, 6.07) is 4.04. The van der Waals surface area contributed by atoms with Crippen LogP contribution in [0.15, 0.2) is 23.7 Å². The molecule has 0 unspecified atom stereocenters. The number of anilines is 1. The van der Waals surface area contributed by atoms with Crippen molar-refractivity contribution in [3.8, 4) is 10.6 Å². The Labute approximate surface area is 108 Å². The first-order chi connectivity index (χ1) is 8.81. The van der Waals surface area contributed by atoms with E-state index in [2.05, 4.69) is 27.4 Å². The molecule has 0 N–H and O–H groups in total. The Morgan fingerprint density at radius 1 is 1.44 bits per heavy atom. The van der Waals surface area contributed by atoms with Crippen LogP contribution in [0, 0.1) is 0 Å². The van der Waals surface area contributed by atoms with Gasteiger partial charge in [0.1, 0.15) is 5.69 Å². The second kappa shape index (κ2) is 4.34. The van der Waals surface area contributed by atoms with Crippen LogP contribution in [0.1, 0.15) is 6.92 Å².